The van der Waals surface area contributed by atoms with Crippen molar-refractivity contribution in [1.29, 1.82) is 0 Å². The van der Waals surface area contributed by atoms with E-state index in [1.807, 2.05) is 12.4 Å². The van der Waals surface area contributed by atoms with Crippen molar-refractivity contribution in [3.8, 4) is 0 Å². The zero-order chi connectivity index (χ0) is 8.32. The van der Waals surface area contributed by atoms with Crippen molar-refractivity contribution in [2.75, 3.05) is 0 Å². The maximum atomic E-state index is 3.99. The predicted octanol–water partition coefficient (Wildman–Crippen LogP) is 1.90. The molecule has 0 aliphatic carbocycles. The van der Waals surface area contributed by atoms with Gasteiger partial charge in [-0.1, -0.05) is 0 Å². The number of rotatable bonds is 2. The first-order chi connectivity index (χ1) is 5.08. The Bertz CT molecular complexity index is 215. The molecule has 60 valence electrons. The van der Waals surface area contributed by atoms with Crippen LogP contribution in [-0.2, 0) is 4.44 Å². The summed E-state index contributed by atoms with van der Waals surface area (Å²) in [6.45, 7) is 0. The van der Waals surface area contributed by atoms with Gasteiger partial charge >= 0.3 is 71.9 Å². The summed E-state index contributed by atoms with van der Waals surface area (Å²) >= 11 is -1.64. The van der Waals surface area contributed by atoms with Crippen LogP contribution in [0.5, 0.6) is 0 Å². The van der Waals surface area contributed by atoms with Crippen LogP contribution in [0.25, 0.3) is 0 Å². The first kappa shape index (κ1) is 8.97. The second-order valence-electron chi connectivity index (χ2n) is 3.98. The number of hydrogen-bond donors (Lipinski definition) is 0. The van der Waals surface area contributed by atoms with Gasteiger partial charge in [-0.25, -0.2) is 0 Å². The van der Waals surface area contributed by atoms with Crippen molar-refractivity contribution in [2.24, 2.45) is 0 Å². The van der Waals surface area contributed by atoms with Gasteiger partial charge in [-0.05, 0) is 0 Å². The molecule has 0 unspecified atom stereocenters. The Balaban J connectivity index is 2.66. The van der Waals surface area contributed by atoms with Crippen LogP contribution in [-0.4, -0.2) is 28.3 Å². The average Bonchev–Trinajstić information content (AvgIpc) is 1.85. The van der Waals surface area contributed by atoms with Gasteiger partial charge in [0, 0.05) is 0 Å². The van der Waals surface area contributed by atoms with Crippen molar-refractivity contribution >= 4 is 18.4 Å². The van der Waals surface area contributed by atoms with E-state index in [0.717, 1.165) is 0 Å². The summed E-state index contributed by atoms with van der Waals surface area (Å²) in [6, 6.07) is 0. The monoisotopic (exact) mass is 258 g/mol. The Hall–Kier alpha value is -0.121. The fraction of sp³-hybridized carbons (Fsp3) is 0.500. The van der Waals surface area contributed by atoms with Crippen LogP contribution in [0.15, 0.2) is 18.7 Å². The number of aromatic nitrogens is 2. The van der Waals surface area contributed by atoms with E-state index in [9.17, 15) is 0 Å². The van der Waals surface area contributed by atoms with Crippen molar-refractivity contribution < 1.29 is 0 Å². The van der Waals surface area contributed by atoms with E-state index >= 15 is 0 Å². The molecule has 0 aliphatic heterocycles. The zero-order valence-corrected chi connectivity index (χ0v) is 10.2. The van der Waals surface area contributed by atoms with Gasteiger partial charge < -0.3 is 0 Å². The Morgan fingerprint density at radius 3 is 2.18 bits per heavy atom. The van der Waals surface area contributed by atoms with Crippen LogP contribution in [0.3, 0.4) is 0 Å². The van der Waals surface area contributed by atoms with Crippen molar-refractivity contribution in [1.82, 2.24) is 9.97 Å². The molecule has 0 bridgehead atoms. The standard InChI is InChI=1S/C5H5N2.3CH3.Sn/c1-5-2-6-4-7-3-5;;;;/h2-4H,1H2;3*1H3;. The van der Waals surface area contributed by atoms with E-state index in [2.05, 4.69) is 24.8 Å². The Labute approximate surface area is 71.9 Å². The minimum absolute atomic E-state index is 1.25. The summed E-state index contributed by atoms with van der Waals surface area (Å²) in [4.78, 5) is 15.2. The van der Waals surface area contributed by atoms with Crippen LogP contribution in [0.4, 0.5) is 0 Å². The van der Waals surface area contributed by atoms with Gasteiger partial charge in [-0.15, -0.1) is 0 Å². The van der Waals surface area contributed by atoms with Crippen molar-refractivity contribution in [2.45, 2.75) is 19.3 Å². The predicted molar refractivity (Wildman–Crippen MR) is 49.1 cm³/mol. The Morgan fingerprint density at radius 1 is 1.18 bits per heavy atom. The van der Waals surface area contributed by atoms with Gasteiger partial charge in [0.25, 0.3) is 0 Å². The van der Waals surface area contributed by atoms with E-state index in [1.54, 1.807) is 6.33 Å². The summed E-state index contributed by atoms with van der Waals surface area (Å²) in [5.74, 6) is 0. The second-order valence-corrected chi connectivity index (χ2v) is 19.6. The summed E-state index contributed by atoms with van der Waals surface area (Å²) < 4.78 is 1.25. The number of nitrogens with zero attached hydrogens (tertiary/aromatic N) is 2. The van der Waals surface area contributed by atoms with E-state index in [0.29, 0.717) is 0 Å². The molecule has 0 N–H and O–H groups in total. The normalized spacial score (nSPS) is 11.5. The van der Waals surface area contributed by atoms with Gasteiger partial charge in [0.1, 0.15) is 0 Å². The van der Waals surface area contributed by atoms with Gasteiger partial charge in [-0.2, -0.15) is 0 Å². The number of hydrogen-bond acceptors (Lipinski definition) is 2. The summed E-state index contributed by atoms with van der Waals surface area (Å²) in [5.41, 5.74) is 1.30. The third kappa shape index (κ3) is 3.70. The Morgan fingerprint density at radius 2 is 1.73 bits per heavy atom. The molecular formula is C8H14N2Sn. The molecule has 1 rings (SSSR count). The van der Waals surface area contributed by atoms with Gasteiger partial charge in [0.05, 0.1) is 0 Å². The Kier molecular flexibility index (Phi) is 2.87. The molecule has 0 spiro atoms. The summed E-state index contributed by atoms with van der Waals surface area (Å²) in [5, 5.41) is 0. The molecule has 0 saturated carbocycles. The third-order valence-corrected chi connectivity index (χ3v) is 5.54. The average molecular weight is 257 g/mol. The molecule has 1 aromatic rings. The molecule has 0 saturated heterocycles. The zero-order valence-electron chi connectivity index (χ0n) is 7.33. The molecule has 0 radical (unpaired) electrons. The molecule has 0 atom stereocenters. The first-order valence-corrected chi connectivity index (χ1v) is 14.4. The fourth-order valence-corrected chi connectivity index (χ4v) is 5.05. The SMILES string of the molecule is [CH3][Sn]([CH3])([CH3])[CH2]c1cncnc1. The topological polar surface area (TPSA) is 25.8 Å². The third-order valence-electron chi connectivity index (χ3n) is 1.35. The molecule has 3 heteroatoms. The molecule has 0 aliphatic rings. The van der Waals surface area contributed by atoms with Crippen molar-refractivity contribution in [3.05, 3.63) is 24.3 Å². The van der Waals surface area contributed by atoms with Crippen LogP contribution < -0.4 is 0 Å². The molecule has 1 heterocycles. The molecule has 0 amide bonds. The van der Waals surface area contributed by atoms with Crippen LogP contribution >= 0.6 is 0 Å². The molecular weight excluding hydrogens is 243 g/mol. The maximum absolute atomic E-state index is 3.99. The molecule has 0 aromatic carbocycles. The van der Waals surface area contributed by atoms with Crippen molar-refractivity contribution in [3.63, 3.8) is 0 Å². The van der Waals surface area contributed by atoms with Crippen LogP contribution in [0, 0.1) is 0 Å². The summed E-state index contributed by atoms with van der Waals surface area (Å²) in [7, 11) is 0. The molecule has 2 nitrogen and oxygen atoms in total. The van der Waals surface area contributed by atoms with Gasteiger partial charge in [0.2, 0.25) is 0 Å². The van der Waals surface area contributed by atoms with Gasteiger partial charge in [0.15, 0.2) is 0 Å². The van der Waals surface area contributed by atoms with Gasteiger partial charge in [-0.3, -0.25) is 0 Å². The molecule has 0 fully saturated rings. The quantitative estimate of drug-likeness (QED) is 0.756. The van der Waals surface area contributed by atoms with Crippen LogP contribution in [0.1, 0.15) is 5.56 Å². The molecule has 11 heavy (non-hydrogen) atoms. The van der Waals surface area contributed by atoms with E-state index in [1.165, 1.54) is 10.0 Å². The van der Waals surface area contributed by atoms with E-state index in [-0.39, 0.29) is 0 Å². The fourth-order valence-electron chi connectivity index (χ4n) is 1.03. The minimum atomic E-state index is -1.64. The molecule has 1 aromatic heterocycles. The van der Waals surface area contributed by atoms with E-state index < -0.39 is 18.4 Å². The second kappa shape index (κ2) is 3.52. The van der Waals surface area contributed by atoms with Crippen LogP contribution in [0.2, 0.25) is 14.8 Å². The summed E-state index contributed by atoms with van der Waals surface area (Å²) in [6.07, 6.45) is 5.44. The van der Waals surface area contributed by atoms with E-state index in [4.69, 9.17) is 0 Å². The first-order valence-electron chi connectivity index (χ1n) is 3.82.